The minimum atomic E-state index is -0.874. The number of aryl methyl sites for hydroxylation is 1. The summed E-state index contributed by atoms with van der Waals surface area (Å²) in [5.41, 5.74) is 0.802. The van der Waals surface area contributed by atoms with Crippen molar-refractivity contribution in [3.05, 3.63) is 45.4 Å². The zero-order valence-electron chi connectivity index (χ0n) is 10.7. The van der Waals surface area contributed by atoms with Crippen LogP contribution in [0, 0.1) is 18.3 Å². The number of carbonyl (C=O) groups excluding carboxylic acids is 1. The number of ether oxygens (including phenoxy) is 1. The minimum absolute atomic E-state index is 0.168. The molecule has 0 aliphatic rings. The topological polar surface area (TPSA) is 63.0 Å². The summed E-state index contributed by atoms with van der Waals surface area (Å²) < 4.78 is 5.35. The number of nitrogens with zero attached hydrogens (tertiary/aromatic N) is 2. The van der Waals surface area contributed by atoms with Crippen LogP contribution in [-0.2, 0) is 4.79 Å². The Morgan fingerprint density at radius 3 is 2.75 bits per heavy atom. The summed E-state index contributed by atoms with van der Waals surface area (Å²) in [5, 5.41) is 12.0. The summed E-state index contributed by atoms with van der Waals surface area (Å²) in [6.45, 7) is 1.65. The largest absolute Gasteiger partial charge is 0.486 e. The van der Waals surface area contributed by atoms with Crippen molar-refractivity contribution in [1.82, 2.24) is 4.98 Å². The van der Waals surface area contributed by atoms with Crippen LogP contribution in [0.1, 0.15) is 16.6 Å². The van der Waals surface area contributed by atoms with Gasteiger partial charge in [-0.1, -0.05) is 11.6 Å². The Labute approximate surface area is 125 Å². The van der Waals surface area contributed by atoms with Gasteiger partial charge in [0.05, 0.1) is 6.07 Å². The molecule has 0 aliphatic carbocycles. The zero-order valence-corrected chi connectivity index (χ0v) is 12.2. The first kappa shape index (κ1) is 14.5. The molecule has 0 saturated heterocycles. The number of halogens is 1. The third-order valence-electron chi connectivity index (χ3n) is 2.53. The van der Waals surface area contributed by atoms with Crippen LogP contribution < -0.4 is 4.74 Å². The van der Waals surface area contributed by atoms with Crippen molar-refractivity contribution in [2.75, 3.05) is 6.61 Å². The molecule has 0 saturated carbocycles. The van der Waals surface area contributed by atoms with Gasteiger partial charge in [-0.15, -0.1) is 11.3 Å². The summed E-state index contributed by atoms with van der Waals surface area (Å²) in [6.07, 6.45) is 0. The summed E-state index contributed by atoms with van der Waals surface area (Å²) >= 11 is 7.06. The number of carbonyl (C=O) groups is 1. The number of benzene rings is 1. The van der Waals surface area contributed by atoms with Gasteiger partial charge in [-0.05, 0) is 31.2 Å². The molecule has 20 heavy (non-hydrogen) atoms. The number of ketones is 1. The fourth-order valence-corrected chi connectivity index (χ4v) is 2.53. The summed E-state index contributed by atoms with van der Waals surface area (Å²) in [7, 11) is 0. The number of hydrogen-bond donors (Lipinski definition) is 0. The van der Waals surface area contributed by atoms with Crippen molar-refractivity contribution in [3.8, 4) is 11.8 Å². The fourth-order valence-electron chi connectivity index (χ4n) is 1.54. The average Bonchev–Trinajstić information content (AvgIpc) is 2.85. The molecule has 4 nitrogen and oxygen atoms in total. The Morgan fingerprint density at radius 2 is 2.20 bits per heavy atom. The van der Waals surface area contributed by atoms with Crippen LogP contribution in [0.25, 0.3) is 0 Å². The van der Waals surface area contributed by atoms with E-state index < -0.39 is 5.92 Å². The lowest BCUT2D eigenvalue weighted by Crippen LogP contribution is -2.19. The van der Waals surface area contributed by atoms with E-state index in [9.17, 15) is 4.79 Å². The van der Waals surface area contributed by atoms with Crippen molar-refractivity contribution in [1.29, 1.82) is 5.26 Å². The van der Waals surface area contributed by atoms with Gasteiger partial charge in [0.25, 0.3) is 0 Å². The SMILES string of the molecule is Cc1csc([C@H](C#N)C(=O)COc2ccc(Cl)cc2)n1. The quantitative estimate of drug-likeness (QED) is 0.849. The Kier molecular flexibility index (Phi) is 4.72. The summed E-state index contributed by atoms with van der Waals surface area (Å²) in [4.78, 5) is 16.2. The van der Waals surface area contributed by atoms with Crippen molar-refractivity contribution in [3.63, 3.8) is 0 Å². The second-order valence-electron chi connectivity index (χ2n) is 4.10. The van der Waals surface area contributed by atoms with Crippen LogP contribution in [-0.4, -0.2) is 17.4 Å². The number of aromatic nitrogens is 1. The Balaban J connectivity index is 2.00. The molecule has 0 amide bonds. The number of Topliss-reactive ketones (excluding diaryl/α,β-unsaturated/α-hetero) is 1. The standard InChI is InChI=1S/C14H11ClN2O2S/c1-9-8-20-14(17-9)12(6-16)13(18)7-19-11-4-2-10(15)3-5-11/h2-5,8,12H,7H2,1H3/t12-/m1/s1. The van der Waals surface area contributed by atoms with E-state index in [1.165, 1.54) is 11.3 Å². The lowest BCUT2D eigenvalue weighted by atomic mass is 10.1. The first-order valence-corrected chi connectivity index (χ1v) is 7.08. The Bertz CT molecular complexity index is 646. The van der Waals surface area contributed by atoms with Gasteiger partial charge in [-0.25, -0.2) is 4.98 Å². The normalized spacial score (nSPS) is 11.7. The zero-order chi connectivity index (χ0) is 14.5. The van der Waals surface area contributed by atoms with Crippen LogP contribution in [0.2, 0.25) is 5.02 Å². The number of thiazole rings is 1. The second-order valence-corrected chi connectivity index (χ2v) is 5.42. The van der Waals surface area contributed by atoms with Crippen molar-refractivity contribution in [2.24, 2.45) is 0 Å². The van der Waals surface area contributed by atoms with E-state index in [-0.39, 0.29) is 12.4 Å². The minimum Gasteiger partial charge on any atom is -0.486 e. The van der Waals surface area contributed by atoms with Crippen LogP contribution in [0.3, 0.4) is 0 Å². The maximum absolute atomic E-state index is 12.0. The highest BCUT2D eigenvalue weighted by atomic mass is 35.5. The van der Waals surface area contributed by atoms with E-state index in [1.54, 1.807) is 24.3 Å². The molecule has 2 rings (SSSR count). The van der Waals surface area contributed by atoms with Crippen molar-refractivity contribution in [2.45, 2.75) is 12.8 Å². The average molecular weight is 307 g/mol. The lowest BCUT2D eigenvalue weighted by Gasteiger charge is -2.07. The molecule has 1 heterocycles. The molecule has 0 unspecified atom stereocenters. The van der Waals surface area contributed by atoms with Gasteiger partial charge in [-0.3, -0.25) is 4.79 Å². The second kappa shape index (κ2) is 6.51. The summed E-state index contributed by atoms with van der Waals surface area (Å²) in [6, 6.07) is 8.66. The molecule has 0 fully saturated rings. The van der Waals surface area contributed by atoms with Crippen LogP contribution in [0.15, 0.2) is 29.6 Å². The van der Waals surface area contributed by atoms with E-state index in [4.69, 9.17) is 21.6 Å². The fraction of sp³-hybridized carbons (Fsp3) is 0.214. The molecule has 0 aliphatic heterocycles. The van der Waals surface area contributed by atoms with Crippen molar-refractivity contribution >= 4 is 28.7 Å². The highest BCUT2D eigenvalue weighted by Gasteiger charge is 2.23. The molecule has 1 aromatic carbocycles. The Morgan fingerprint density at radius 1 is 1.50 bits per heavy atom. The molecule has 6 heteroatoms. The number of hydrogen-bond acceptors (Lipinski definition) is 5. The van der Waals surface area contributed by atoms with Gasteiger partial charge in [0.2, 0.25) is 0 Å². The van der Waals surface area contributed by atoms with Gasteiger partial charge >= 0.3 is 0 Å². The van der Waals surface area contributed by atoms with Gasteiger partial charge in [0.15, 0.2) is 11.7 Å². The van der Waals surface area contributed by atoms with E-state index in [2.05, 4.69) is 4.98 Å². The molecule has 102 valence electrons. The predicted molar refractivity (Wildman–Crippen MR) is 77.2 cm³/mol. The van der Waals surface area contributed by atoms with E-state index in [0.29, 0.717) is 15.8 Å². The molecule has 0 radical (unpaired) electrons. The molecule has 1 atom stereocenters. The third-order valence-corrected chi connectivity index (χ3v) is 3.81. The monoisotopic (exact) mass is 306 g/mol. The smallest absolute Gasteiger partial charge is 0.194 e. The lowest BCUT2D eigenvalue weighted by molar-refractivity contribution is -0.121. The molecular formula is C14H11ClN2O2S. The third kappa shape index (κ3) is 3.56. The highest BCUT2D eigenvalue weighted by Crippen LogP contribution is 2.21. The highest BCUT2D eigenvalue weighted by molar-refractivity contribution is 7.09. The molecule has 0 bridgehead atoms. The first-order chi connectivity index (χ1) is 9.60. The predicted octanol–water partition coefficient (Wildman–Crippen LogP) is 3.36. The van der Waals surface area contributed by atoms with E-state index in [0.717, 1.165) is 5.69 Å². The number of rotatable bonds is 5. The molecule has 0 N–H and O–H groups in total. The van der Waals surface area contributed by atoms with Crippen LogP contribution in [0.5, 0.6) is 5.75 Å². The molecule has 1 aromatic heterocycles. The van der Waals surface area contributed by atoms with Crippen LogP contribution in [0.4, 0.5) is 0 Å². The van der Waals surface area contributed by atoms with Gasteiger partial charge in [0, 0.05) is 16.1 Å². The Hall–Kier alpha value is -1.90. The van der Waals surface area contributed by atoms with Gasteiger partial charge < -0.3 is 4.74 Å². The van der Waals surface area contributed by atoms with Gasteiger partial charge in [-0.2, -0.15) is 5.26 Å². The molecule has 0 spiro atoms. The maximum Gasteiger partial charge on any atom is 0.194 e. The van der Waals surface area contributed by atoms with E-state index >= 15 is 0 Å². The van der Waals surface area contributed by atoms with Crippen molar-refractivity contribution < 1.29 is 9.53 Å². The molecule has 2 aromatic rings. The van der Waals surface area contributed by atoms with Crippen LogP contribution >= 0.6 is 22.9 Å². The molecular weight excluding hydrogens is 296 g/mol. The first-order valence-electron chi connectivity index (χ1n) is 5.83. The van der Waals surface area contributed by atoms with E-state index in [1.807, 2.05) is 18.4 Å². The van der Waals surface area contributed by atoms with Gasteiger partial charge in [0.1, 0.15) is 17.4 Å². The maximum atomic E-state index is 12.0. The summed E-state index contributed by atoms with van der Waals surface area (Å²) in [5.74, 6) is -0.646. The number of nitriles is 1.